The van der Waals surface area contributed by atoms with Crippen LogP contribution in [0.4, 0.5) is 0 Å². The predicted octanol–water partition coefficient (Wildman–Crippen LogP) is 2.23. The summed E-state index contributed by atoms with van der Waals surface area (Å²) in [4.78, 5) is 2.45. The Balaban J connectivity index is 2.61. The highest BCUT2D eigenvalue weighted by atomic mass is 15.2. The quantitative estimate of drug-likeness (QED) is 0.742. The Morgan fingerprint density at radius 2 is 2.21 bits per heavy atom. The van der Waals surface area contributed by atoms with Gasteiger partial charge >= 0.3 is 0 Å². The number of rotatable bonds is 4. The molecule has 0 aliphatic carbocycles. The van der Waals surface area contributed by atoms with Crippen molar-refractivity contribution in [2.45, 2.75) is 45.2 Å². The molecule has 3 unspecified atom stereocenters. The van der Waals surface area contributed by atoms with E-state index in [2.05, 4.69) is 30.6 Å². The first kappa shape index (κ1) is 11.6. The lowest BCUT2D eigenvalue weighted by Gasteiger charge is -2.44. The lowest BCUT2D eigenvalue weighted by atomic mass is 9.85. The minimum Gasteiger partial charge on any atom is -0.372 e. The summed E-state index contributed by atoms with van der Waals surface area (Å²) in [6, 6.07) is 1.36. The van der Waals surface area contributed by atoms with Crippen molar-refractivity contribution in [3.05, 3.63) is 12.8 Å². The molecular weight excluding hydrogens is 172 g/mol. The summed E-state index contributed by atoms with van der Waals surface area (Å²) < 4.78 is 0. The van der Waals surface area contributed by atoms with Crippen LogP contribution in [0, 0.1) is 5.92 Å². The zero-order valence-electron chi connectivity index (χ0n) is 9.79. The van der Waals surface area contributed by atoms with Crippen LogP contribution in [0.2, 0.25) is 0 Å². The van der Waals surface area contributed by atoms with Crippen molar-refractivity contribution in [1.82, 2.24) is 10.2 Å². The fraction of sp³-hybridized carbons (Fsp3) is 0.833. The Labute approximate surface area is 88.4 Å². The lowest BCUT2D eigenvalue weighted by molar-refractivity contribution is 0.0946. The van der Waals surface area contributed by atoms with E-state index in [1.54, 1.807) is 0 Å². The zero-order chi connectivity index (χ0) is 10.6. The summed E-state index contributed by atoms with van der Waals surface area (Å²) in [5, 5.41) is 3.28. The van der Waals surface area contributed by atoms with Crippen molar-refractivity contribution in [2.75, 3.05) is 13.6 Å². The maximum atomic E-state index is 3.93. The summed E-state index contributed by atoms with van der Waals surface area (Å²) in [5.74, 6) is 0.779. The summed E-state index contributed by atoms with van der Waals surface area (Å²) in [5.41, 5.74) is 0. The molecule has 3 atom stereocenters. The molecule has 2 heteroatoms. The van der Waals surface area contributed by atoms with Gasteiger partial charge in [-0.2, -0.15) is 0 Å². The summed E-state index contributed by atoms with van der Waals surface area (Å²) >= 11 is 0. The van der Waals surface area contributed by atoms with Crippen molar-refractivity contribution < 1.29 is 0 Å². The number of nitrogens with zero attached hydrogens (tertiary/aromatic N) is 1. The van der Waals surface area contributed by atoms with E-state index in [0.29, 0.717) is 6.04 Å². The van der Waals surface area contributed by atoms with Crippen LogP contribution in [0.25, 0.3) is 0 Å². The van der Waals surface area contributed by atoms with Gasteiger partial charge in [0.15, 0.2) is 0 Å². The SMILES string of the molecule is C=CN1C(CC)CCC(CNC)C1C. The van der Waals surface area contributed by atoms with Crippen molar-refractivity contribution in [3.8, 4) is 0 Å². The molecule has 1 aliphatic heterocycles. The predicted molar refractivity (Wildman–Crippen MR) is 62.2 cm³/mol. The highest BCUT2D eigenvalue weighted by Crippen LogP contribution is 2.29. The summed E-state index contributed by atoms with van der Waals surface area (Å²) in [6.07, 6.45) is 5.94. The van der Waals surface area contributed by atoms with Gasteiger partial charge in [-0.25, -0.2) is 0 Å². The number of nitrogens with one attached hydrogen (secondary N) is 1. The van der Waals surface area contributed by atoms with Crippen molar-refractivity contribution in [3.63, 3.8) is 0 Å². The second kappa shape index (κ2) is 5.40. The minimum absolute atomic E-state index is 0.638. The number of hydrogen-bond acceptors (Lipinski definition) is 2. The molecule has 2 nitrogen and oxygen atoms in total. The van der Waals surface area contributed by atoms with Crippen LogP contribution in [0.1, 0.15) is 33.1 Å². The van der Waals surface area contributed by atoms with E-state index >= 15 is 0 Å². The van der Waals surface area contributed by atoms with Gasteiger partial charge in [-0.15, -0.1) is 0 Å². The normalized spacial score (nSPS) is 33.1. The van der Waals surface area contributed by atoms with Crippen LogP contribution < -0.4 is 5.32 Å². The van der Waals surface area contributed by atoms with E-state index in [9.17, 15) is 0 Å². The molecule has 0 aromatic carbocycles. The second-order valence-corrected chi connectivity index (χ2v) is 4.33. The first-order valence-corrected chi connectivity index (χ1v) is 5.79. The van der Waals surface area contributed by atoms with Crippen molar-refractivity contribution in [2.24, 2.45) is 5.92 Å². The van der Waals surface area contributed by atoms with Crippen LogP contribution in [-0.4, -0.2) is 30.6 Å². The largest absolute Gasteiger partial charge is 0.372 e. The molecule has 0 radical (unpaired) electrons. The van der Waals surface area contributed by atoms with Gasteiger partial charge in [0.2, 0.25) is 0 Å². The molecule has 14 heavy (non-hydrogen) atoms. The standard InChI is InChI=1S/C12H24N2/c1-5-12-8-7-11(9-13-4)10(3)14(12)6-2/h6,10-13H,2,5,7-9H2,1,3-4H3. The van der Waals surface area contributed by atoms with Crippen LogP contribution in [0.3, 0.4) is 0 Å². The number of likely N-dealkylation sites (tertiary alicyclic amines) is 1. The molecule has 0 saturated carbocycles. The van der Waals surface area contributed by atoms with Gasteiger partial charge in [0, 0.05) is 12.1 Å². The maximum absolute atomic E-state index is 3.93. The third-order valence-electron chi connectivity index (χ3n) is 3.59. The Morgan fingerprint density at radius 1 is 1.50 bits per heavy atom. The van der Waals surface area contributed by atoms with E-state index < -0.39 is 0 Å². The van der Waals surface area contributed by atoms with Gasteiger partial charge < -0.3 is 10.2 Å². The highest BCUT2D eigenvalue weighted by Gasteiger charge is 2.30. The molecule has 1 heterocycles. The Kier molecular flexibility index (Phi) is 4.46. The average Bonchev–Trinajstić information content (AvgIpc) is 2.21. The van der Waals surface area contributed by atoms with Gasteiger partial charge in [0.1, 0.15) is 0 Å². The molecule has 0 aromatic rings. The van der Waals surface area contributed by atoms with Gasteiger partial charge in [0.25, 0.3) is 0 Å². The van der Waals surface area contributed by atoms with Crippen LogP contribution in [0.15, 0.2) is 12.8 Å². The monoisotopic (exact) mass is 196 g/mol. The first-order chi connectivity index (χ1) is 6.74. The van der Waals surface area contributed by atoms with Gasteiger partial charge in [-0.3, -0.25) is 0 Å². The van der Waals surface area contributed by atoms with E-state index in [-0.39, 0.29) is 0 Å². The van der Waals surface area contributed by atoms with Crippen LogP contribution in [0.5, 0.6) is 0 Å². The van der Waals surface area contributed by atoms with E-state index in [4.69, 9.17) is 0 Å². The van der Waals surface area contributed by atoms with E-state index in [1.165, 1.54) is 19.3 Å². The zero-order valence-corrected chi connectivity index (χ0v) is 9.79. The third-order valence-corrected chi connectivity index (χ3v) is 3.59. The highest BCUT2D eigenvalue weighted by molar-refractivity contribution is 4.92. The molecule has 82 valence electrons. The van der Waals surface area contributed by atoms with E-state index in [0.717, 1.165) is 18.5 Å². The average molecular weight is 196 g/mol. The Morgan fingerprint density at radius 3 is 2.71 bits per heavy atom. The molecule has 0 spiro atoms. The Bertz CT molecular complexity index is 179. The molecule has 0 bridgehead atoms. The van der Waals surface area contributed by atoms with Gasteiger partial charge in [0.05, 0.1) is 0 Å². The Hall–Kier alpha value is -0.500. The van der Waals surface area contributed by atoms with Gasteiger partial charge in [-0.05, 0) is 51.9 Å². The van der Waals surface area contributed by atoms with Crippen LogP contribution >= 0.6 is 0 Å². The van der Waals surface area contributed by atoms with Gasteiger partial charge in [-0.1, -0.05) is 13.5 Å². The van der Waals surface area contributed by atoms with Crippen LogP contribution in [-0.2, 0) is 0 Å². The third kappa shape index (κ3) is 2.30. The smallest absolute Gasteiger partial charge is 0.0299 e. The molecule has 0 aromatic heterocycles. The number of hydrogen-bond donors (Lipinski definition) is 1. The second-order valence-electron chi connectivity index (χ2n) is 4.33. The topological polar surface area (TPSA) is 15.3 Å². The fourth-order valence-corrected chi connectivity index (χ4v) is 2.64. The molecule has 0 amide bonds. The van der Waals surface area contributed by atoms with E-state index in [1.807, 2.05) is 13.2 Å². The molecule has 1 saturated heterocycles. The van der Waals surface area contributed by atoms with Crippen molar-refractivity contribution in [1.29, 1.82) is 0 Å². The molecule has 1 N–H and O–H groups in total. The summed E-state index contributed by atoms with van der Waals surface area (Å²) in [7, 11) is 2.04. The minimum atomic E-state index is 0.638. The molecule has 1 fully saturated rings. The lowest BCUT2D eigenvalue weighted by Crippen LogP contribution is -2.48. The first-order valence-electron chi connectivity index (χ1n) is 5.79. The maximum Gasteiger partial charge on any atom is 0.0299 e. The molecular formula is C12H24N2. The molecule has 1 rings (SSSR count). The summed E-state index contributed by atoms with van der Waals surface area (Å²) in [6.45, 7) is 9.66. The van der Waals surface area contributed by atoms with Crippen molar-refractivity contribution >= 4 is 0 Å². The fourth-order valence-electron chi connectivity index (χ4n) is 2.64. The molecule has 1 aliphatic rings. The number of piperidine rings is 1.